The molecule has 30 heavy (non-hydrogen) atoms. The molecule has 0 amide bonds. The molecule has 1 unspecified atom stereocenters. The maximum Gasteiger partial charge on any atom is 0.433 e. The molecule has 12 heteroatoms. The lowest BCUT2D eigenvalue weighted by Gasteiger charge is -2.11. The Morgan fingerprint density at radius 3 is 2.43 bits per heavy atom. The molecule has 0 aliphatic heterocycles. The van der Waals surface area contributed by atoms with Crippen molar-refractivity contribution in [1.82, 2.24) is 19.5 Å². The molecule has 0 spiro atoms. The van der Waals surface area contributed by atoms with E-state index >= 15 is 0 Å². The Labute approximate surface area is 167 Å². The van der Waals surface area contributed by atoms with E-state index in [0.717, 1.165) is 24.5 Å². The number of hydrogen-bond acceptors (Lipinski definition) is 5. The Hall–Kier alpha value is -2.63. The van der Waals surface area contributed by atoms with Gasteiger partial charge in [0.25, 0.3) is 5.92 Å². The summed E-state index contributed by atoms with van der Waals surface area (Å²) in [4.78, 5) is 11.3. The number of imidazole rings is 1. The van der Waals surface area contributed by atoms with E-state index < -0.39 is 40.0 Å². The first-order chi connectivity index (χ1) is 13.8. The monoisotopic (exact) mass is 446 g/mol. The van der Waals surface area contributed by atoms with Crippen molar-refractivity contribution in [3.05, 3.63) is 35.8 Å². The van der Waals surface area contributed by atoms with Gasteiger partial charge < -0.3 is 4.57 Å². The summed E-state index contributed by atoms with van der Waals surface area (Å²) in [7, 11) is -2.41. The molecular weight excluding hydrogens is 431 g/mol. The van der Waals surface area contributed by atoms with Gasteiger partial charge in [-0.1, -0.05) is 6.92 Å². The molecule has 3 aromatic heterocycles. The number of pyridine rings is 2. The predicted octanol–water partition coefficient (Wildman–Crippen LogP) is 3.97. The number of aryl methyl sites for hydroxylation is 1. The summed E-state index contributed by atoms with van der Waals surface area (Å²) in [5, 5.41) is 0. The van der Waals surface area contributed by atoms with Crippen LogP contribution in [0.1, 0.15) is 30.5 Å². The molecule has 1 aliphatic carbocycles. The fraction of sp³-hybridized carbons (Fsp3) is 0.389. The minimum absolute atomic E-state index is 0.00717. The average molecular weight is 446 g/mol. The molecular formula is C18H15F5N4O2S. The lowest BCUT2D eigenvalue weighted by Crippen LogP contribution is -2.10. The van der Waals surface area contributed by atoms with Crippen molar-refractivity contribution < 1.29 is 30.4 Å². The van der Waals surface area contributed by atoms with Crippen LogP contribution in [0.5, 0.6) is 0 Å². The van der Waals surface area contributed by atoms with Crippen LogP contribution in [0.3, 0.4) is 0 Å². The van der Waals surface area contributed by atoms with E-state index in [1.165, 1.54) is 18.5 Å². The molecule has 3 heterocycles. The lowest BCUT2D eigenvalue weighted by molar-refractivity contribution is -0.141. The van der Waals surface area contributed by atoms with Gasteiger partial charge >= 0.3 is 6.18 Å². The summed E-state index contributed by atoms with van der Waals surface area (Å²) in [6.07, 6.45) is -2.91. The Bertz CT molecular complexity index is 1270. The molecule has 4 rings (SSSR count). The zero-order valence-electron chi connectivity index (χ0n) is 15.7. The van der Waals surface area contributed by atoms with Gasteiger partial charge in [-0.15, -0.1) is 0 Å². The molecule has 3 aromatic rings. The summed E-state index contributed by atoms with van der Waals surface area (Å²) in [5.74, 6) is -4.33. The first-order valence-corrected chi connectivity index (χ1v) is 10.5. The fourth-order valence-electron chi connectivity index (χ4n) is 3.24. The second-order valence-electron chi connectivity index (χ2n) is 7.09. The number of fused-ring (bicyclic) bond motifs is 1. The molecule has 0 aromatic carbocycles. The zero-order valence-corrected chi connectivity index (χ0v) is 16.5. The van der Waals surface area contributed by atoms with Gasteiger partial charge in [0.1, 0.15) is 11.4 Å². The van der Waals surface area contributed by atoms with E-state index in [9.17, 15) is 30.4 Å². The fourth-order valence-corrected chi connectivity index (χ4v) is 4.31. The summed E-state index contributed by atoms with van der Waals surface area (Å²) in [6.45, 7) is 1.39. The van der Waals surface area contributed by atoms with Crippen molar-refractivity contribution >= 4 is 20.9 Å². The van der Waals surface area contributed by atoms with Gasteiger partial charge in [-0.3, -0.25) is 4.98 Å². The quantitative estimate of drug-likeness (QED) is 0.567. The number of hydrogen-bond donors (Lipinski definition) is 0. The Kier molecular flexibility index (Phi) is 4.42. The van der Waals surface area contributed by atoms with Gasteiger partial charge in [0, 0.05) is 19.7 Å². The smallest absolute Gasteiger partial charge is 0.324 e. The first kappa shape index (κ1) is 20.6. The van der Waals surface area contributed by atoms with E-state index in [4.69, 9.17) is 0 Å². The van der Waals surface area contributed by atoms with Crippen LogP contribution in [0.4, 0.5) is 22.0 Å². The van der Waals surface area contributed by atoms with Gasteiger partial charge in [0.05, 0.1) is 33.8 Å². The number of aromatic nitrogens is 4. The topological polar surface area (TPSA) is 77.7 Å². The van der Waals surface area contributed by atoms with E-state index in [1.807, 2.05) is 0 Å². The van der Waals surface area contributed by atoms with Crippen molar-refractivity contribution in [1.29, 1.82) is 0 Å². The Morgan fingerprint density at radius 1 is 1.20 bits per heavy atom. The standard InChI is InChI=1S/C18H15F5N4O2S/c1-3-30(28,29)13-4-9(10-6-17(10,19)20)7-25-15(13)16-26-11-5-14(18(21,22)23)24-8-12(11)27(16)2/h4-5,7-8,10H,3,6H2,1-2H3. The van der Waals surface area contributed by atoms with Crippen LogP contribution >= 0.6 is 0 Å². The maximum atomic E-state index is 13.5. The zero-order chi connectivity index (χ0) is 22.1. The van der Waals surface area contributed by atoms with E-state index in [1.54, 1.807) is 0 Å². The van der Waals surface area contributed by atoms with Crippen LogP contribution in [-0.2, 0) is 23.1 Å². The van der Waals surface area contributed by atoms with Crippen LogP contribution in [0, 0.1) is 0 Å². The second kappa shape index (κ2) is 6.43. The van der Waals surface area contributed by atoms with Gasteiger partial charge in [-0.25, -0.2) is 27.2 Å². The molecule has 0 bridgehead atoms. The second-order valence-corrected chi connectivity index (χ2v) is 9.33. The summed E-state index contributed by atoms with van der Waals surface area (Å²) < 4.78 is 92.4. The van der Waals surface area contributed by atoms with Crippen molar-refractivity contribution in [3.63, 3.8) is 0 Å². The molecule has 1 atom stereocenters. The van der Waals surface area contributed by atoms with Crippen LogP contribution in [-0.4, -0.2) is 39.6 Å². The third kappa shape index (κ3) is 3.32. The SMILES string of the molecule is CCS(=O)(=O)c1cc(C2CC2(F)F)cnc1-c1nc2cc(C(F)(F)F)ncc2n1C. The maximum absolute atomic E-state index is 13.5. The first-order valence-electron chi connectivity index (χ1n) is 8.85. The van der Waals surface area contributed by atoms with Gasteiger partial charge in [-0.2, -0.15) is 13.2 Å². The van der Waals surface area contributed by atoms with Crippen molar-refractivity contribution in [2.45, 2.75) is 36.3 Å². The molecule has 1 fully saturated rings. The molecule has 160 valence electrons. The normalized spacial score (nSPS) is 18.7. The van der Waals surface area contributed by atoms with Crippen LogP contribution in [0.25, 0.3) is 22.6 Å². The van der Waals surface area contributed by atoms with E-state index in [-0.39, 0.29) is 38.8 Å². The highest BCUT2D eigenvalue weighted by molar-refractivity contribution is 7.91. The van der Waals surface area contributed by atoms with Gasteiger partial charge in [0.15, 0.2) is 15.7 Å². The van der Waals surface area contributed by atoms with Crippen molar-refractivity contribution in [2.24, 2.45) is 7.05 Å². The van der Waals surface area contributed by atoms with Gasteiger partial charge in [-0.05, 0) is 17.7 Å². The van der Waals surface area contributed by atoms with E-state index in [0.29, 0.717) is 0 Å². The third-order valence-corrected chi connectivity index (χ3v) is 6.83. The number of sulfone groups is 1. The summed E-state index contributed by atoms with van der Waals surface area (Å²) >= 11 is 0. The average Bonchev–Trinajstić information content (AvgIpc) is 3.19. The van der Waals surface area contributed by atoms with Crippen LogP contribution < -0.4 is 0 Å². The molecule has 6 nitrogen and oxygen atoms in total. The third-order valence-electron chi connectivity index (χ3n) is 5.09. The number of nitrogens with zero attached hydrogens (tertiary/aromatic N) is 4. The molecule has 0 saturated heterocycles. The number of alkyl halides is 5. The predicted molar refractivity (Wildman–Crippen MR) is 96.8 cm³/mol. The van der Waals surface area contributed by atoms with Crippen molar-refractivity contribution in [3.8, 4) is 11.5 Å². The van der Waals surface area contributed by atoms with Gasteiger partial charge in [0.2, 0.25) is 0 Å². The molecule has 0 N–H and O–H groups in total. The Balaban J connectivity index is 1.91. The minimum atomic E-state index is -4.67. The number of rotatable bonds is 4. The largest absolute Gasteiger partial charge is 0.433 e. The highest BCUT2D eigenvalue weighted by Crippen LogP contribution is 2.56. The molecule has 0 radical (unpaired) electrons. The van der Waals surface area contributed by atoms with E-state index in [2.05, 4.69) is 15.0 Å². The highest BCUT2D eigenvalue weighted by atomic mass is 32.2. The molecule has 1 aliphatic rings. The number of halogens is 5. The summed E-state index contributed by atoms with van der Waals surface area (Å²) in [5.41, 5.74) is -0.973. The van der Waals surface area contributed by atoms with Crippen LogP contribution in [0.15, 0.2) is 29.4 Å². The summed E-state index contributed by atoms with van der Waals surface area (Å²) in [6, 6.07) is 1.91. The highest BCUT2D eigenvalue weighted by Gasteiger charge is 2.58. The minimum Gasteiger partial charge on any atom is -0.324 e. The Morgan fingerprint density at radius 2 is 1.87 bits per heavy atom. The lowest BCUT2D eigenvalue weighted by atomic mass is 10.1. The van der Waals surface area contributed by atoms with Crippen LogP contribution in [0.2, 0.25) is 0 Å². The van der Waals surface area contributed by atoms with Crippen molar-refractivity contribution in [2.75, 3.05) is 5.75 Å². The molecule has 1 saturated carbocycles.